The molecule has 26 heavy (non-hydrogen) atoms. The third-order valence-corrected chi connectivity index (χ3v) is 4.86. The first-order valence-corrected chi connectivity index (χ1v) is 8.30. The molecule has 0 atom stereocenters. The number of halogens is 4. The first kappa shape index (κ1) is 20.9. The molecule has 1 aliphatic heterocycles. The number of rotatable bonds is 5. The second-order valence-corrected chi connectivity index (χ2v) is 7.20. The van der Waals surface area contributed by atoms with Crippen LogP contribution in [0.4, 0.5) is 17.6 Å². The summed E-state index contributed by atoms with van der Waals surface area (Å²) < 4.78 is 71.6. The minimum atomic E-state index is -4.61. The fraction of sp³-hybridized carbons (Fsp3) is 0.556. The van der Waals surface area contributed by atoms with E-state index >= 15 is 4.39 Å². The van der Waals surface area contributed by atoms with Crippen LogP contribution in [0.15, 0.2) is 30.0 Å². The van der Waals surface area contributed by atoms with Gasteiger partial charge in [0, 0.05) is 7.11 Å². The molecule has 3 nitrogen and oxygen atoms in total. The summed E-state index contributed by atoms with van der Waals surface area (Å²) in [6, 6.07) is 4.89. The van der Waals surface area contributed by atoms with Gasteiger partial charge in [-0.05, 0) is 51.3 Å². The average Bonchev–Trinajstić information content (AvgIpc) is 2.75. The third-order valence-electron chi connectivity index (χ3n) is 4.86. The van der Waals surface area contributed by atoms with E-state index in [1.807, 2.05) is 0 Å². The highest BCUT2D eigenvalue weighted by molar-refractivity contribution is 6.55. The maximum atomic E-state index is 15.2. The summed E-state index contributed by atoms with van der Waals surface area (Å²) in [6.07, 6.45) is -4.65. The first-order chi connectivity index (χ1) is 11.9. The van der Waals surface area contributed by atoms with Crippen LogP contribution >= 0.6 is 0 Å². The van der Waals surface area contributed by atoms with Crippen molar-refractivity contribution in [3.63, 3.8) is 0 Å². The highest BCUT2D eigenvalue weighted by Crippen LogP contribution is 2.42. The van der Waals surface area contributed by atoms with Crippen LogP contribution in [0.2, 0.25) is 0 Å². The zero-order valence-electron chi connectivity index (χ0n) is 15.5. The van der Waals surface area contributed by atoms with Crippen LogP contribution in [0.5, 0.6) is 0 Å². The molecule has 1 fully saturated rings. The highest BCUT2D eigenvalue weighted by Gasteiger charge is 2.53. The smallest absolute Gasteiger partial charge is 0.398 e. The van der Waals surface area contributed by atoms with Gasteiger partial charge in [0.2, 0.25) is 0 Å². The van der Waals surface area contributed by atoms with E-state index in [9.17, 15) is 13.2 Å². The van der Waals surface area contributed by atoms with E-state index in [-0.39, 0.29) is 24.2 Å². The summed E-state index contributed by atoms with van der Waals surface area (Å²) in [7, 11) is 0.0353. The van der Waals surface area contributed by atoms with Gasteiger partial charge in [0.05, 0.1) is 23.4 Å². The summed E-state index contributed by atoms with van der Waals surface area (Å²) in [5, 5.41) is 0. The SMILES string of the molecule is COCCC(=C(F)B1OC(C)(C)C(C)(C)O1)c1ccccc1C(F)(F)F. The van der Waals surface area contributed by atoms with E-state index in [4.69, 9.17) is 14.0 Å². The van der Waals surface area contributed by atoms with Crippen LogP contribution in [0.25, 0.3) is 5.57 Å². The molecule has 0 N–H and O–H groups in total. The van der Waals surface area contributed by atoms with Crippen LogP contribution in [0, 0.1) is 0 Å². The molecule has 0 aliphatic carbocycles. The molecule has 8 heteroatoms. The summed E-state index contributed by atoms with van der Waals surface area (Å²) >= 11 is 0. The Bertz CT molecular complexity index is 667. The largest absolute Gasteiger partial charge is 0.525 e. The van der Waals surface area contributed by atoms with Crippen LogP contribution < -0.4 is 0 Å². The molecule has 0 amide bonds. The molecule has 1 aromatic carbocycles. The number of alkyl halides is 3. The van der Waals surface area contributed by atoms with Crippen LogP contribution in [0.3, 0.4) is 0 Å². The van der Waals surface area contributed by atoms with Crippen molar-refractivity contribution < 1.29 is 31.6 Å². The van der Waals surface area contributed by atoms with E-state index in [0.717, 1.165) is 6.07 Å². The van der Waals surface area contributed by atoms with Gasteiger partial charge in [0.25, 0.3) is 0 Å². The second-order valence-electron chi connectivity index (χ2n) is 7.20. The van der Waals surface area contributed by atoms with Crippen molar-refractivity contribution in [3.05, 3.63) is 41.1 Å². The third kappa shape index (κ3) is 4.13. The lowest BCUT2D eigenvalue weighted by molar-refractivity contribution is -0.137. The first-order valence-electron chi connectivity index (χ1n) is 8.30. The molecule has 1 heterocycles. The Morgan fingerprint density at radius 3 is 2.12 bits per heavy atom. The minimum absolute atomic E-state index is 0.0422. The van der Waals surface area contributed by atoms with Gasteiger partial charge in [-0.2, -0.15) is 13.2 Å². The molecule has 0 bridgehead atoms. The quantitative estimate of drug-likeness (QED) is 0.533. The van der Waals surface area contributed by atoms with Gasteiger partial charge in [0.15, 0.2) is 0 Å². The van der Waals surface area contributed by atoms with Gasteiger partial charge in [-0.3, -0.25) is 0 Å². The number of benzene rings is 1. The maximum Gasteiger partial charge on any atom is 0.525 e. The van der Waals surface area contributed by atoms with Crippen molar-refractivity contribution >= 4 is 12.7 Å². The topological polar surface area (TPSA) is 27.7 Å². The van der Waals surface area contributed by atoms with Gasteiger partial charge >= 0.3 is 13.3 Å². The Balaban J connectivity index is 2.54. The van der Waals surface area contributed by atoms with E-state index in [1.165, 1.54) is 25.3 Å². The monoisotopic (exact) mass is 374 g/mol. The molecule has 1 aliphatic rings. The molecule has 0 aromatic heterocycles. The van der Waals surface area contributed by atoms with Gasteiger partial charge in [-0.25, -0.2) is 4.39 Å². The molecule has 0 unspecified atom stereocenters. The lowest BCUT2D eigenvalue weighted by Crippen LogP contribution is -2.41. The van der Waals surface area contributed by atoms with Gasteiger partial charge in [-0.15, -0.1) is 0 Å². The van der Waals surface area contributed by atoms with E-state index in [1.54, 1.807) is 27.7 Å². The predicted molar refractivity (Wildman–Crippen MR) is 92.0 cm³/mol. The molecule has 1 aromatic rings. The minimum Gasteiger partial charge on any atom is -0.398 e. The van der Waals surface area contributed by atoms with E-state index in [2.05, 4.69) is 0 Å². The lowest BCUT2D eigenvalue weighted by Gasteiger charge is -2.32. The zero-order valence-corrected chi connectivity index (χ0v) is 15.5. The van der Waals surface area contributed by atoms with Crippen molar-refractivity contribution in [1.29, 1.82) is 0 Å². The van der Waals surface area contributed by atoms with Gasteiger partial charge in [-0.1, -0.05) is 18.2 Å². The molecular formula is C18H23BF4O3. The number of hydrogen-bond acceptors (Lipinski definition) is 3. The molecular weight excluding hydrogens is 351 g/mol. The Kier molecular flexibility index (Phi) is 5.90. The van der Waals surface area contributed by atoms with Crippen molar-refractivity contribution in [2.24, 2.45) is 0 Å². The van der Waals surface area contributed by atoms with Crippen LogP contribution in [-0.2, 0) is 20.2 Å². The van der Waals surface area contributed by atoms with E-state index in [0.29, 0.717) is 0 Å². The summed E-state index contributed by atoms with van der Waals surface area (Å²) in [5.74, 6) is 0. The second kappa shape index (κ2) is 7.33. The fourth-order valence-corrected chi connectivity index (χ4v) is 2.67. The Hall–Kier alpha value is -1.38. The van der Waals surface area contributed by atoms with Crippen molar-refractivity contribution in [3.8, 4) is 0 Å². The fourth-order valence-electron chi connectivity index (χ4n) is 2.67. The number of methoxy groups -OCH3 is 1. The molecule has 144 valence electrons. The lowest BCUT2D eigenvalue weighted by atomic mass is 9.81. The summed E-state index contributed by atoms with van der Waals surface area (Å²) in [6.45, 7) is 7.06. The molecule has 0 saturated carbocycles. The predicted octanol–water partition coefficient (Wildman–Crippen LogP) is 5.05. The van der Waals surface area contributed by atoms with Crippen LogP contribution in [0.1, 0.15) is 45.2 Å². The zero-order chi connectivity index (χ0) is 19.8. The standard InChI is InChI=1S/C18H23BF4O3/c1-16(2)17(3,4)26-19(25-16)15(20)13(10-11-24-5)12-8-6-7-9-14(12)18(21,22)23/h6-9H,10-11H2,1-5H3. The molecule has 0 radical (unpaired) electrons. The summed E-state index contributed by atoms with van der Waals surface area (Å²) in [5.41, 5.74) is -3.73. The number of ether oxygens (including phenoxy) is 1. The maximum absolute atomic E-state index is 15.2. The average molecular weight is 374 g/mol. The summed E-state index contributed by atoms with van der Waals surface area (Å²) in [4.78, 5) is 0. The van der Waals surface area contributed by atoms with Crippen LogP contribution in [-0.4, -0.2) is 32.0 Å². The number of hydrogen-bond donors (Lipinski definition) is 0. The highest BCUT2D eigenvalue weighted by atomic mass is 19.4. The van der Waals surface area contributed by atoms with Crippen molar-refractivity contribution in [2.75, 3.05) is 13.7 Å². The Morgan fingerprint density at radius 2 is 1.62 bits per heavy atom. The van der Waals surface area contributed by atoms with E-state index < -0.39 is 35.8 Å². The van der Waals surface area contributed by atoms with Crippen molar-refractivity contribution in [1.82, 2.24) is 0 Å². The van der Waals surface area contributed by atoms with Gasteiger partial charge in [0.1, 0.15) is 5.73 Å². The Morgan fingerprint density at radius 1 is 1.08 bits per heavy atom. The molecule has 1 saturated heterocycles. The molecule has 0 spiro atoms. The Labute approximate surface area is 151 Å². The van der Waals surface area contributed by atoms with Gasteiger partial charge < -0.3 is 14.0 Å². The molecule has 2 rings (SSSR count). The van der Waals surface area contributed by atoms with Crippen molar-refractivity contribution in [2.45, 2.75) is 51.5 Å². The normalized spacial score (nSPS) is 20.3.